The minimum atomic E-state index is 0.353. The number of fused-ring (bicyclic) bond motifs is 2. The summed E-state index contributed by atoms with van der Waals surface area (Å²) in [6.45, 7) is 2.28. The van der Waals surface area contributed by atoms with Gasteiger partial charge in [-0.15, -0.1) is 0 Å². The lowest BCUT2D eigenvalue weighted by atomic mass is 9.91. The SMILES string of the molecule is c1ccc(CC23CNC(CN2)C3)cc1. The molecule has 2 unspecified atom stereocenters. The summed E-state index contributed by atoms with van der Waals surface area (Å²) < 4.78 is 0. The number of piperazine rings is 1. The van der Waals surface area contributed by atoms with E-state index < -0.39 is 0 Å². The fourth-order valence-corrected chi connectivity index (χ4v) is 2.76. The molecule has 1 aromatic rings. The highest BCUT2D eigenvalue weighted by molar-refractivity contribution is 5.21. The summed E-state index contributed by atoms with van der Waals surface area (Å²) in [5, 5.41) is 7.21. The molecule has 74 valence electrons. The lowest BCUT2D eigenvalue weighted by molar-refractivity contribution is 0.377. The van der Waals surface area contributed by atoms with E-state index in [0.717, 1.165) is 25.6 Å². The topological polar surface area (TPSA) is 24.1 Å². The predicted molar refractivity (Wildman–Crippen MR) is 57.3 cm³/mol. The van der Waals surface area contributed by atoms with Gasteiger partial charge in [0.05, 0.1) is 0 Å². The van der Waals surface area contributed by atoms with E-state index in [1.807, 2.05) is 0 Å². The highest BCUT2D eigenvalue weighted by Gasteiger charge is 2.44. The van der Waals surface area contributed by atoms with Crippen molar-refractivity contribution in [1.82, 2.24) is 10.6 Å². The van der Waals surface area contributed by atoms with Crippen molar-refractivity contribution >= 4 is 0 Å². The standard InChI is InChI=1S/C12H16N2/c1-2-4-10(5-3-1)6-12-7-11(8-14-12)13-9-12/h1-5,11,13-14H,6-9H2. The van der Waals surface area contributed by atoms with Crippen LogP contribution in [0.25, 0.3) is 0 Å². The fourth-order valence-electron chi connectivity index (χ4n) is 2.76. The third-order valence-electron chi connectivity index (χ3n) is 3.48. The fraction of sp³-hybridized carbons (Fsp3) is 0.500. The number of nitrogens with one attached hydrogen (secondary N) is 2. The van der Waals surface area contributed by atoms with Crippen molar-refractivity contribution in [3.05, 3.63) is 35.9 Å². The molecule has 0 amide bonds. The number of hydrogen-bond acceptors (Lipinski definition) is 2. The second-order valence-electron chi connectivity index (χ2n) is 4.61. The Kier molecular flexibility index (Phi) is 1.85. The number of hydrogen-bond donors (Lipinski definition) is 2. The summed E-state index contributed by atoms with van der Waals surface area (Å²) in [5.74, 6) is 0. The first-order valence-corrected chi connectivity index (χ1v) is 5.39. The van der Waals surface area contributed by atoms with Crippen molar-refractivity contribution in [2.75, 3.05) is 13.1 Å². The van der Waals surface area contributed by atoms with Crippen LogP contribution in [0.3, 0.4) is 0 Å². The molecule has 0 radical (unpaired) electrons. The van der Waals surface area contributed by atoms with Gasteiger partial charge in [-0.3, -0.25) is 0 Å². The summed E-state index contributed by atoms with van der Waals surface area (Å²) in [6.07, 6.45) is 2.46. The smallest absolute Gasteiger partial charge is 0.0362 e. The molecule has 14 heavy (non-hydrogen) atoms. The monoisotopic (exact) mass is 188 g/mol. The second kappa shape index (κ2) is 3.07. The van der Waals surface area contributed by atoms with Gasteiger partial charge in [0, 0.05) is 24.7 Å². The van der Waals surface area contributed by atoms with Crippen LogP contribution < -0.4 is 10.6 Å². The van der Waals surface area contributed by atoms with Crippen LogP contribution in [-0.2, 0) is 6.42 Å². The van der Waals surface area contributed by atoms with Gasteiger partial charge in [-0.25, -0.2) is 0 Å². The van der Waals surface area contributed by atoms with Crippen LogP contribution in [0, 0.1) is 0 Å². The summed E-state index contributed by atoms with van der Waals surface area (Å²) in [7, 11) is 0. The van der Waals surface area contributed by atoms with Crippen LogP contribution in [-0.4, -0.2) is 24.7 Å². The molecular weight excluding hydrogens is 172 g/mol. The van der Waals surface area contributed by atoms with Crippen LogP contribution in [0.15, 0.2) is 30.3 Å². The van der Waals surface area contributed by atoms with E-state index in [4.69, 9.17) is 0 Å². The summed E-state index contributed by atoms with van der Waals surface area (Å²) in [6, 6.07) is 11.5. The lowest BCUT2D eigenvalue weighted by Gasteiger charge is -2.27. The highest BCUT2D eigenvalue weighted by atomic mass is 15.2. The van der Waals surface area contributed by atoms with E-state index in [9.17, 15) is 0 Å². The zero-order valence-electron chi connectivity index (χ0n) is 8.29. The molecule has 2 fully saturated rings. The minimum Gasteiger partial charge on any atom is -0.311 e. The van der Waals surface area contributed by atoms with Crippen LogP contribution in [0.1, 0.15) is 12.0 Å². The Morgan fingerprint density at radius 3 is 2.71 bits per heavy atom. The van der Waals surface area contributed by atoms with E-state index in [-0.39, 0.29) is 0 Å². The van der Waals surface area contributed by atoms with E-state index in [0.29, 0.717) is 5.54 Å². The summed E-state index contributed by atoms with van der Waals surface area (Å²) in [5.41, 5.74) is 1.80. The van der Waals surface area contributed by atoms with Gasteiger partial charge >= 0.3 is 0 Å². The van der Waals surface area contributed by atoms with Crippen molar-refractivity contribution in [2.24, 2.45) is 0 Å². The Morgan fingerprint density at radius 1 is 1.29 bits per heavy atom. The Morgan fingerprint density at radius 2 is 2.14 bits per heavy atom. The molecule has 2 bridgehead atoms. The average molecular weight is 188 g/mol. The Balaban J connectivity index is 1.78. The van der Waals surface area contributed by atoms with Crippen molar-refractivity contribution < 1.29 is 0 Å². The molecule has 0 aliphatic carbocycles. The highest BCUT2D eigenvalue weighted by Crippen LogP contribution is 2.28. The lowest BCUT2D eigenvalue weighted by Crippen LogP contribution is -2.50. The third kappa shape index (κ3) is 1.35. The van der Waals surface area contributed by atoms with Crippen LogP contribution in [0.2, 0.25) is 0 Å². The molecule has 0 saturated carbocycles. The first-order valence-electron chi connectivity index (χ1n) is 5.39. The van der Waals surface area contributed by atoms with E-state index in [2.05, 4.69) is 41.0 Å². The average Bonchev–Trinajstić information content (AvgIpc) is 2.78. The van der Waals surface area contributed by atoms with Gasteiger partial charge in [0.1, 0.15) is 0 Å². The van der Waals surface area contributed by atoms with E-state index in [1.54, 1.807) is 0 Å². The first-order chi connectivity index (χ1) is 6.86. The van der Waals surface area contributed by atoms with E-state index >= 15 is 0 Å². The summed E-state index contributed by atoms with van der Waals surface area (Å²) >= 11 is 0. The maximum atomic E-state index is 3.66. The molecular formula is C12H16N2. The van der Waals surface area contributed by atoms with Gasteiger partial charge in [-0.05, 0) is 18.4 Å². The van der Waals surface area contributed by atoms with Crippen molar-refractivity contribution in [1.29, 1.82) is 0 Å². The quantitative estimate of drug-likeness (QED) is 0.721. The van der Waals surface area contributed by atoms with Gasteiger partial charge in [0.2, 0.25) is 0 Å². The van der Waals surface area contributed by atoms with Crippen molar-refractivity contribution in [2.45, 2.75) is 24.4 Å². The molecule has 3 rings (SSSR count). The Hall–Kier alpha value is -0.860. The molecule has 2 saturated heterocycles. The second-order valence-corrected chi connectivity index (χ2v) is 4.61. The van der Waals surface area contributed by atoms with E-state index in [1.165, 1.54) is 12.0 Å². The predicted octanol–water partition coefficient (Wildman–Crippen LogP) is 0.933. The molecule has 2 nitrogen and oxygen atoms in total. The van der Waals surface area contributed by atoms with Gasteiger partial charge in [0.25, 0.3) is 0 Å². The molecule has 1 aromatic carbocycles. The number of benzene rings is 1. The maximum Gasteiger partial charge on any atom is 0.0362 e. The zero-order chi connectivity index (χ0) is 9.43. The van der Waals surface area contributed by atoms with Gasteiger partial charge in [-0.1, -0.05) is 30.3 Å². The van der Waals surface area contributed by atoms with Gasteiger partial charge in [-0.2, -0.15) is 0 Å². The largest absolute Gasteiger partial charge is 0.311 e. The molecule has 0 spiro atoms. The summed E-state index contributed by atoms with van der Waals surface area (Å²) in [4.78, 5) is 0. The first kappa shape index (κ1) is 8.45. The molecule has 2 heteroatoms. The Bertz CT molecular complexity index is 312. The third-order valence-corrected chi connectivity index (χ3v) is 3.48. The van der Waals surface area contributed by atoms with Gasteiger partial charge < -0.3 is 10.6 Å². The normalized spacial score (nSPS) is 35.0. The van der Waals surface area contributed by atoms with Gasteiger partial charge in [0.15, 0.2) is 0 Å². The van der Waals surface area contributed by atoms with Crippen LogP contribution in [0.5, 0.6) is 0 Å². The molecule has 2 atom stereocenters. The van der Waals surface area contributed by atoms with Crippen molar-refractivity contribution in [3.8, 4) is 0 Å². The molecule has 0 aromatic heterocycles. The van der Waals surface area contributed by atoms with Crippen molar-refractivity contribution in [3.63, 3.8) is 0 Å². The molecule has 2 heterocycles. The molecule has 2 aliphatic heterocycles. The maximum absolute atomic E-state index is 3.66. The zero-order valence-corrected chi connectivity index (χ0v) is 8.29. The molecule has 2 N–H and O–H groups in total. The minimum absolute atomic E-state index is 0.353. The Labute approximate surface area is 84.7 Å². The van der Waals surface area contributed by atoms with Crippen LogP contribution >= 0.6 is 0 Å². The number of rotatable bonds is 2. The van der Waals surface area contributed by atoms with Crippen LogP contribution in [0.4, 0.5) is 0 Å². The molecule has 2 aliphatic rings.